The van der Waals surface area contributed by atoms with Crippen molar-refractivity contribution in [3.8, 4) is 0 Å². The minimum Gasteiger partial charge on any atom is -0.372 e. The molecular formula is C20H20F6N2O2. The first kappa shape index (κ1) is 21.2. The first-order valence-electron chi connectivity index (χ1n) is 9.44. The molecule has 1 unspecified atom stereocenters. The Balaban J connectivity index is 1.49. The number of ether oxygens (including phenoxy) is 1. The third-order valence-corrected chi connectivity index (χ3v) is 6.11. The smallest absolute Gasteiger partial charge is 0.372 e. The fourth-order valence-corrected chi connectivity index (χ4v) is 4.34. The van der Waals surface area contributed by atoms with Crippen molar-refractivity contribution < 1.29 is 35.9 Å². The van der Waals surface area contributed by atoms with E-state index in [2.05, 4.69) is 10.6 Å². The van der Waals surface area contributed by atoms with E-state index in [0.29, 0.717) is 18.6 Å². The van der Waals surface area contributed by atoms with E-state index in [1.807, 2.05) is 19.1 Å². The third kappa shape index (κ3) is 3.60. The van der Waals surface area contributed by atoms with Crippen LogP contribution < -0.4 is 10.6 Å². The van der Waals surface area contributed by atoms with Crippen molar-refractivity contribution >= 4 is 5.91 Å². The highest BCUT2D eigenvalue weighted by Crippen LogP contribution is 2.54. The summed E-state index contributed by atoms with van der Waals surface area (Å²) in [5.74, 6) is 0.125. The molecule has 0 radical (unpaired) electrons. The predicted octanol–water partition coefficient (Wildman–Crippen LogP) is 3.98. The number of alkyl halides is 6. The maximum atomic E-state index is 13.1. The van der Waals surface area contributed by atoms with Gasteiger partial charge in [-0.3, -0.25) is 4.79 Å². The van der Waals surface area contributed by atoms with Gasteiger partial charge in [0.2, 0.25) is 5.91 Å². The SMILES string of the molecule is C[C@@H](OC[C@@]1(C)C=C[C@]23NC(=O)C[C@H]2C3N1)c1cc(C(F)(F)F)cc(C(F)(F)F)c1. The summed E-state index contributed by atoms with van der Waals surface area (Å²) in [7, 11) is 0. The van der Waals surface area contributed by atoms with Gasteiger partial charge in [0, 0.05) is 18.4 Å². The van der Waals surface area contributed by atoms with Crippen LogP contribution in [0, 0.1) is 5.92 Å². The van der Waals surface area contributed by atoms with Crippen LogP contribution in [-0.2, 0) is 21.9 Å². The van der Waals surface area contributed by atoms with Crippen LogP contribution in [0.5, 0.6) is 0 Å². The van der Waals surface area contributed by atoms with E-state index in [1.165, 1.54) is 6.92 Å². The predicted molar refractivity (Wildman–Crippen MR) is 94.3 cm³/mol. The number of amides is 1. The Bertz CT molecular complexity index is 879. The molecule has 1 spiro atoms. The first-order chi connectivity index (χ1) is 13.7. The largest absolute Gasteiger partial charge is 0.416 e. The Morgan fingerprint density at radius 1 is 1.10 bits per heavy atom. The molecule has 3 aliphatic rings. The molecule has 4 nitrogen and oxygen atoms in total. The molecule has 2 fully saturated rings. The average Bonchev–Trinajstić information content (AvgIpc) is 3.06. The van der Waals surface area contributed by atoms with Crippen LogP contribution in [0.1, 0.15) is 43.1 Å². The molecule has 5 atom stereocenters. The number of hydrogen-bond acceptors (Lipinski definition) is 3. The van der Waals surface area contributed by atoms with E-state index in [4.69, 9.17) is 4.74 Å². The second-order valence-corrected chi connectivity index (χ2v) is 8.46. The zero-order chi connectivity index (χ0) is 22.1. The van der Waals surface area contributed by atoms with Gasteiger partial charge >= 0.3 is 12.4 Å². The average molecular weight is 434 g/mol. The monoisotopic (exact) mass is 434 g/mol. The minimum atomic E-state index is -4.90. The van der Waals surface area contributed by atoms with E-state index in [1.54, 1.807) is 0 Å². The number of hydrogen-bond donors (Lipinski definition) is 2. The van der Waals surface area contributed by atoms with Gasteiger partial charge in [-0.15, -0.1) is 0 Å². The van der Waals surface area contributed by atoms with Crippen LogP contribution in [0.25, 0.3) is 0 Å². The summed E-state index contributed by atoms with van der Waals surface area (Å²) in [6.45, 7) is 3.28. The highest BCUT2D eigenvalue weighted by atomic mass is 19.4. The Morgan fingerprint density at radius 2 is 1.70 bits per heavy atom. The maximum absolute atomic E-state index is 13.1. The number of benzene rings is 1. The summed E-state index contributed by atoms with van der Waals surface area (Å²) in [4.78, 5) is 11.5. The summed E-state index contributed by atoms with van der Waals surface area (Å²) in [5.41, 5.74) is -3.98. The molecule has 164 valence electrons. The molecule has 2 aliphatic heterocycles. The fourth-order valence-electron chi connectivity index (χ4n) is 4.34. The van der Waals surface area contributed by atoms with Crippen molar-refractivity contribution in [2.24, 2.45) is 5.92 Å². The first-order valence-corrected chi connectivity index (χ1v) is 9.44. The lowest BCUT2D eigenvalue weighted by molar-refractivity contribution is -0.143. The van der Waals surface area contributed by atoms with Crippen LogP contribution >= 0.6 is 0 Å². The van der Waals surface area contributed by atoms with Crippen LogP contribution in [0.15, 0.2) is 30.4 Å². The highest BCUT2D eigenvalue weighted by Gasteiger charge is 2.70. The Morgan fingerprint density at radius 3 is 2.27 bits per heavy atom. The van der Waals surface area contributed by atoms with Crippen LogP contribution in [0.2, 0.25) is 0 Å². The third-order valence-electron chi connectivity index (χ3n) is 6.11. The van der Waals surface area contributed by atoms with Crippen LogP contribution in [-0.4, -0.2) is 29.6 Å². The van der Waals surface area contributed by atoms with E-state index in [-0.39, 0.29) is 41.6 Å². The lowest BCUT2D eigenvalue weighted by atomic mass is 9.96. The number of halogens is 6. The van der Waals surface area contributed by atoms with Crippen molar-refractivity contribution in [2.75, 3.05) is 6.61 Å². The highest BCUT2D eigenvalue weighted by molar-refractivity contribution is 5.84. The van der Waals surface area contributed by atoms with Crippen LogP contribution in [0.3, 0.4) is 0 Å². The Kier molecular flexibility index (Phi) is 4.56. The molecule has 1 aromatic rings. The Hall–Kier alpha value is -2.07. The van der Waals surface area contributed by atoms with Gasteiger partial charge < -0.3 is 15.4 Å². The second-order valence-electron chi connectivity index (χ2n) is 8.46. The molecule has 1 saturated carbocycles. The lowest BCUT2D eigenvalue weighted by Crippen LogP contribution is -2.54. The number of nitrogens with one attached hydrogen (secondary N) is 2. The molecular weight excluding hydrogens is 414 g/mol. The number of fused-ring (bicyclic) bond motifs is 1. The molecule has 2 heterocycles. The fraction of sp³-hybridized carbons (Fsp3) is 0.550. The second kappa shape index (κ2) is 6.46. The minimum absolute atomic E-state index is 0.0128. The van der Waals surface area contributed by atoms with Gasteiger partial charge in [0.05, 0.1) is 34.9 Å². The quantitative estimate of drug-likeness (QED) is 0.557. The number of carbonyl (C=O) groups excluding carboxylic acids is 1. The summed E-state index contributed by atoms with van der Waals surface area (Å²) < 4.78 is 84.1. The van der Waals surface area contributed by atoms with Crippen LogP contribution in [0.4, 0.5) is 26.3 Å². The van der Waals surface area contributed by atoms with Crippen molar-refractivity contribution in [2.45, 2.75) is 55.8 Å². The van der Waals surface area contributed by atoms with E-state index < -0.39 is 35.1 Å². The summed E-state index contributed by atoms with van der Waals surface area (Å²) in [6, 6.07) is 1.50. The van der Waals surface area contributed by atoms with Crippen molar-refractivity contribution in [1.29, 1.82) is 0 Å². The zero-order valence-corrected chi connectivity index (χ0v) is 16.1. The number of carbonyl (C=O) groups is 1. The molecule has 4 rings (SSSR count). The van der Waals surface area contributed by atoms with Gasteiger partial charge in [-0.2, -0.15) is 26.3 Å². The van der Waals surface area contributed by atoms with Crippen molar-refractivity contribution in [1.82, 2.24) is 10.6 Å². The summed E-state index contributed by atoms with van der Waals surface area (Å²) in [5, 5.41) is 6.30. The van der Waals surface area contributed by atoms with Gasteiger partial charge in [-0.1, -0.05) is 12.2 Å². The normalized spacial score (nSPS) is 33.7. The Labute approximate surface area is 168 Å². The van der Waals surface area contributed by atoms with Gasteiger partial charge in [0.25, 0.3) is 0 Å². The van der Waals surface area contributed by atoms with E-state index >= 15 is 0 Å². The van der Waals surface area contributed by atoms with Gasteiger partial charge in [-0.25, -0.2) is 0 Å². The molecule has 1 aromatic carbocycles. The molecule has 2 N–H and O–H groups in total. The molecule has 0 bridgehead atoms. The molecule has 0 aromatic heterocycles. The molecule has 30 heavy (non-hydrogen) atoms. The molecule has 10 heteroatoms. The summed E-state index contributed by atoms with van der Waals surface area (Å²) >= 11 is 0. The standard InChI is InChI=1S/C20H20F6N2O2/c1-10(11-5-12(19(21,22)23)7-13(6-11)20(24,25)26)30-9-17(2)3-4-18-14(16(18)28-17)8-15(29)27-18/h3-7,10,14,16,28H,8-9H2,1-2H3,(H,27,29)/t10-,14+,16?,17-,18+/m1/s1. The molecule has 1 aliphatic carbocycles. The molecule has 1 amide bonds. The zero-order valence-electron chi connectivity index (χ0n) is 16.1. The topological polar surface area (TPSA) is 50.4 Å². The van der Waals surface area contributed by atoms with Gasteiger partial charge in [0.1, 0.15) is 0 Å². The van der Waals surface area contributed by atoms with E-state index in [9.17, 15) is 31.1 Å². The maximum Gasteiger partial charge on any atom is 0.416 e. The van der Waals surface area contributed by atoms with Crippen molar-refractivity contribution in [3.63, 3.8) is 0 Å². The lowest BCUT2D eigenvalue weighted by Gasteiger charge is -2.34. The van der Waals surface area contributed by atoms with Crippen molar-refractivity contribution in [3.05, 3.63) is 47.0 Å². The molecule has 1 saturated heterocycles. The van der Waals surface area contributed by atoms with Gasteiger partial charge in [0.15, 0.2) is 0 Å². The number of piperidine rings is 1. The summed E-state index contributed by atoms with van der Waals surface area (Å²) in [6.07, 6.45) is -6.65. The van der Waals surface area contributed by atoms with Gasteiger partial charge in [-0.05, 0) is 37.6 Å². The number of rotatable bonds is 4. The van der Waals surface area contributed by atoms with E-state index in [0.717, 1.165) is 0 Å².